The number of hydrogen-bond donors (Lipinski definition) is 2. The molecule has 0 aliphatic rings. The lowest BCUT2D eigenvalue weighted by Gasteiger charge is -2.06. The van der Waals surface area contributed by atoms with Crippen LogP contribution in [0.25, 0.3) is 0 Å². The predicted molar refractivity (Wildman–Crippen MR) is 89.1 cm³/mol. The fourth-order valence-corrected chi connectivity index (χ4v) is 3.28. The van der Waals surface area contributed by atoms with Crippen molar-refractivity contribution in [3.8, 4) is 0 Å². The number of nitro benzene ring substituents is 1. The van der Waals surface area contributed by atoms with Crippen LogP contribution in [-0.2, 0) is 10.0 Å². The summed E-state index contributed by atoms with van der Waals surface area (Å²) >= 11 is 1.08. The Bertz CT molecular complexity index is 894. The van der Waals surface area contributed by atoms with E-state index in [1.165, 1.54) is 24.3 Å². The molecule has 0 atom stereocenters. The number of benzene rings is 2. The Balaban J connectivity index is 2.27. The van der Waals surface area contributed by atoms with Gasteiger partial charge in [0.1, 0.15) is 0 Å². The van der Waals surface area contributed by atoms with Gasteiger partial charge in [-0.3, -0.25) is 14.8 Å². The molecule has 2 rings (SSSR count). The highest BCUT2D eigenvalue weighted by molar-refractivity contribution is 7.99. The second-order valence-corrected chi connectivity index (χ2v) is 7.61. The molecule has 0 saturated carbocycles. The maximum absolute atomic E-state index is 11.1. The minimum atomic E-state index is -3.38. The second kappa shape index (κ2) is 6.89. The van der Waals surface area contributed by atoms with E-state index >= 15 is 0 Å². The number of carbonyl (C=O) groups is 1. The molecule has 2 aromatic carbocycles. The second-order valence-electron chi connectivity index (χ2n) is 4.75. The van der Waals surface area contributed by atoms with Crippen LogP contribution >= 0.6 is 11.8 Å². The Morgan fingerprint density at radius 3 is 2.33 bits per heavy atom. The molecule has 0 saturated heterocycles. The van der Waals surface area contributed by atoms with Crippen LogP contribution in [0.5, 0.6) is 0 Å². The van der Waals surface area contributed by atoms with Gasteiger partial charge in [0.15, 0.2) is 0 Å². The molecule has 0 spiro atoms. The zero-order valence-corrected chi connectivity index (χ0v) is 13.9. The maximum Gasteiger partial charge on any atom is 0.335 e. The van der Waals surface area contributed by atoms with Crippen LogP contribution in [0.15, 0.2) is 52.3 Å². The number of nitrogens with zero attached hydrogens (tertiary/aromatic N) is 1. The van der Waals surface area contributed by atoms with E-state index in [-0.39, 0.29) is 16.1 Å². The van der Waals surface area contributed by atoms with Crippen molar-refractivity contribution in [2.45, 2.75) is 9.79 Å². The molecule has 0 heterocycles. The van der Waals surface area contributed by atoms with Crippen LogP contribution in [0, 0.1) is 10.1 Å². The summed E-state index contributed by atoms with van der Waals surface area (Å²) in [5.41, 5.74) is -0.102. The van der Waals surface area contributed by atoms with Gasteiger partial charge in [-0.25, -0.2) is 13.2 Å². The SMILES string of the molecule is CS(=O)(=O)Nc1ccc(Sc2ccc(C(=O)O)cc2[N+](=O)[O-])cc1. The average Bonchev–Trinajstić information content (AvgIpc) is 2.47. The zero-order valence-electron chi connectivity index (χ0n) is 12.3. The molecular formula is C14H12N2O6S2. The third-order valence-corrected chi connectivity index (χ3v) is 4.47. The van der Waals surface area contributed by atoms with E-state index in [4.69, 9.17) is 5.11 Å². The molecule has 0 aromatic heterocycles. The molecular weight excluding hydrogens is 356 g/mol. The van der Waals surface area contributed by atoms with Crippen LogP contribution in [0.3, 0.4) is 0 Å². The van der Waals surface area contributed by atoms with Crippen molar-refractivity contribution in [2.75, 3.05) is 11.0 Å². The lowest BCUT2D eigenvalue weighted by Crippen LogP contribution is -2.09. The van der Waals surface area contributed by atoms with Gasteiger partial charge in [-0.2, -0.15) is 0 Å². The van der Waals surface area contributed by atoms with E-state index in [1.54, 1.807) is 12.1 Å². The quantitative estimate of drug-likeness (QED) is 0.593. The first-order valence-electron chi connectivity index (χ1n) is 6.43. The van der Waals surface area contributed by atoms with Gasteiger partial charge in [0.2, 0.25) is 10.0 Å². The molecule has 8 nitrogen and oxygen atoms in total. The molecule has 126 valence electrons. The predicted octanol–water partition coefficient (Wildman–Crippen LogP) is 2.82. The highest BCUT2D eigenvalue weighted by atomic mass is 32.2. The molecule has 10 heteroatoms. The highest BCUT2D eigenvalue weighted by Gasteiger charge is 2.18. The maximum atomic E-state index is 11.1. The third-order valence-electron chi connectivity index (χ3n) is 2.79. The Hall–Kier alpha value is -2.59. The minimum Gasteiger partial charge on any atom is -0.478 e. The number of nitro groups is 1. The average molecular weight is 368 g/mol. The van der Waals surface area contributed by atoms with Gasteiger partial charge in [-0.1, -0.05) is 11.8 Å². The molecule has 0 aliphatic carbocycles. The zero-order chi connectivity index (χ0) is 17.9. The number of anilines is 1. The van der Waals surface area contributed by atoms with E-state index < -0.39 is 20.9 Å². The summed E-state index contributed by atoms with van der Waals surface area (Å²) in [6.07, 6.45) is 1.03. The molecule has 0 radical (unpaired) electrons. The van der Waals surface area contributed by atoms with Crippen LogP contribution in [0.4, 0.5) is 11.4 Å². The third kappa shape index (κ3) is 4.70. The summed E-state index contributed by atoms with van der Waals surface area (Å²) in [5.74, 6) is -1.24. The molecule has 0 amide bonds. The van der Waals surface area contributed by atoms with Crippen molar-refractivity contribution in [1.29, 1.82) is 0 Å². The first-order chi connectivity index (χ1) is 11.2. The normalized spacial score (nSPS) is 11.0. The minimum absolute atomic E-state index is 0.168. The fourth-order valence-electron chi connectivity index (χ4n) is 1.81. The summed E-state index contributed by atoms with van der Waals surface area (Å²) in [6, 6.07) is 9.93. The van der Waals surface area contributed by atoms with E-state index in [9.17, 15) is 23.3 Å². The Morgan fingerprint density at radius 2 is 1.83 bits per heavy atom. The summed E-state index contributed by atoms with van der Waals surface area (Å²) in [7, 11) is -3.38. The molecule has 0 unspecified atom stereocenters. The lowest BCUT2D eigenvalue weighted by atomic mass is 10.2. The molecule has 24 heavy (non-hydrogen) atoms. The van der Waals surface area contributed by atoms with Crippen molar-refractivity contribution in [3.63, 3.8) is 0 Å². The Labute approximate surface area is 141 Å². The standard InChI is InChI=1S/C14H12N2O6S2/c1-24(21,22)15-10-3-5-11(6-4-10)23-13-7-2-9(14(17)18)8-12(13)16(19)20/h2-8,15H,1H3,(H,17,18). The number of rotatable bonds is 6. The number of nitrogens with one attached hydrogen (secondary N) is 1. The monoisotopic (exact) mass is 368 g/mol. The van der Waals surface area contributed by atoms with Crippen LogP contribution in [0.1, 0.15) is 10.4 Å². The molecule has 2 aromatic rings. The van der Waals surface area contributed by atoms with E-state index in [2.05, 4.69) is 4.72 Å². The van der Waals surface area contributed by atoms with Crippen molar-refractivity contribution in [1.82, 2.24) is 0 Å². The summed E-state index contributed by atoms with van der Waals surface area (Å²) < 4.78 is 24.6. The van der Waals surface area contributed by atoms with Crippen LogP contribution in [-0.4, -0.2) is 30.7 Å². The number of carboxylic acid groups (broad SMARTS) is 1. The van der Waals surface area contributed by atoms with Crippen molar-refractivity contribution >= 4 is 39.1 Å². The summed E-state index contributed by atoms with van der Waals surface area (Å²) in [4.78, 5) is 22.3. The van der Waals surface area contributed by atoms with Crippen molar-refractivity contribution in [2.24, 2.45) is 0 Å². The number of carboxylic acids is 1. The van der Waals surface area contributed by atoms with Gasteiger partial charge in [0, 0.05) is 16.6 Å². The fraction of sp³-hybridized carbons (Fsp3) is 0.0714. The molecule has 0 fully saturated rings. The lowest BCUT2D eigenvalue weighted by molar-refractivity contribution is -0.387. The van der Waals surface area contributed by atoms with Gasteiger partial charge in [-0.15, -0.1) is 0 Å². The topological polar surface area (TPSA) is 127 Å². The van der Waals surface area contributed by atoms with Gasteiger partial charge in [0.05, 0.1) is 21.6 Å². The Morgan fingerprint density at radius 1 is 1.21 bits per heavy atom. The van der Waals surface area contributed by atoms with Crippen molar-refractivity contribution in [3.05, 3.63) is 58.1 Å². The van der Waals surface area contributed by atoms with E-state index in [0.717, 1.165) is 24.1 Å². The smallest absolute Gasteiger partial charge is 0.335 e. The van der Waals surface area contributed by atoms with Crippen LogP contribution in [0.2, 0.25) is 0 Å². The Kier molecular flexibility index (Phi) is 5.10. The molecule has 0 bridgehead atoms. The van der Waals surface area contributed by atoms with Gasteiger partial charge >= 0.3 is 5.97 Å². The molecule has 0 aliphatic heterocycles. The van der Waals surface area contributed by atoms with Gasteiger partial charge in [-0.05, 0) is 36.4 Å². The summed E-state index contributed by atoms with van der Waals surface area (Å²) in [5, 5.41) is 20.0. The first kappa shape index (κ1) is 17.8. The number of aromatic carboxylic acids is 1. The van der Waals surface area contributed by atoms with Gasteiger partial charge in [0.25, 0.3) is 5.69 Å². The number of hydrogen-bond acceptors (Lipinski definition) is 6. The largest absolute Gasteiger partial charge is 0.478 e. The van der Waals surface area contributed by atoms with E-state index in [0.29, 0.717) is 10.6 Å². The van der Waals surface area contributed by atoms with Gasteiger partial charge < -0.3 is 5.11 Å². The highest BCUT2D eigenvalue weighted by Crippen LogP contribution is 2.35. The molecule has 2 N–H and O–H groups in total. The summed E-state index contributed by atoms with van der Waals surface area (Å²) in [6.45, 7) is 0. The van der Waals surface area contributed by atoms with Crippen LogP contribution < -0.4 is 4.72 Å². The van der Waals surface area contributed by atoms with Crippen molar-refractivity contribution < 1.29 is 23.2 Å². The first-order valence-corrected chi connectivity index (χ1v) is 9.14. The van der Waals surface area contributed by atoms with E-state index in [1.807, 2.05) is 0 Å². The number of sulfonamides is 1.